The second-order valence-corrected chi connectivity index (χ2v) is 26.5. The predicted molar refractivity (Wildman–Crippen MR) is 336 cm³/mol. The minimum absolute atomic E-state index is 0.0268. The van der Waals surface area contributed by atoms with Crippen molar-refractivity contribution in [3.05, 3.63) is 198 Å². The van der Waals surface area contributed by atoms with Crippen molar-refractivity contribution in [3.63, 3.8) is 0 Å². The van der Waals surface area contributed by atoms with Gasteiger partial charge in [-0.25, -0.2) is 0 Å². The molecule has 0 saturated heterocycles. The third-order valence-corrected chi connectivity index (χ3v) is 19.9. The molecule has 5 nitrogen and oxygen atoms in total. The summed E-state index contributed by atoms with van der Waals surface area (Å²) in [5, 5.41) is 9.16. The first-order valence-electron chi connectivity index (χ1n) is 28.9. The fourth-order valence-corrected chi connectivity index (χ4v) is 15.2. The standard InChI is InChI=1S/C74H61BN2O3/c1-71(2)28-30-73(5,6)58-39-65-51(36-56(58)71)49-27-26-47(34-64(49)78-65)76-62-41-67-53(52-37-57-59(40-66(52)79-67)74(7,8)31-29-72(57,3)4)38-60(62)75-68-54(35-55-48-20-14-15-21-63(48)80-70(55)69(68)76)50-32-44-18-12-13-19-45(44)33-61(50)77(75)46-24-22-43(23-25-46)42-16-10-9-11-17-42/h9-27,32-41H,28-31H2,1-8H3. The van der Waals surface area contributed by atoms with E-state index in [9.17, 15) is 0 Å². The molecule has 2 aliphatic carbocycles. The van der Waals surface area contributed by atoms with Crippen LogP contribution in [0.2, 0.25) is 0 Å². The quantitative estimate of drug-likeness (QED) is 0.165. The summed E-state index contributed by atoms with van der Waals surface area (Å²) in [6, 6.07) is 66.0. The molecule has 80 heavy (non-hydrogen) atoms. The van der Waals surface area contributed by atoms with Gasteiger partial charge >= 0.3 is 6.85 Å². The molecule has 5 heterocycles. The lowest BCUT2D eigenvalue weighted by atomic mass is 9.43. The van der Waals surface area contributed by atoms with E-state index in [0.29, 0.717) is 0 Å². The van der Waals surface area contributed by atoms with Crippen LogP contribution < -0.4 is 20.6 Å². The van der Waals surface area contributed by atoms with Gasteiger partial charge in [0.05, 0.1) is 5.69 Å². The second kappa shape index (κ2) is 15.7. The van der Waals surface area contributed by atoms with Gasteiger partial charge in [0, 0.05) is 72.8 Å². The molecule has 388 valence electrons. The van der Waals surface area contributed by atoms with E-state index < -0.39 is 0 Å². The molecule has 2 aliphatic heterocycles. The summed E-state index contributed by atoms with van der Waals surface area (Å²) < 4.78 is 21.7. The zero-order valence-corrected chi connectivity index (χ0v) is 46.8. The van der Waals surface area contributed by atoms with Crippen molar-refractivity contribution in [1.82, 2.24) is 0 Å². The third kappa shape index (κ3) is 6.36. The SMILES string of the molecule is CC1(C)CCC(C)(C)c2cc3c(cc21)oc1cc(N2c4cc5oc6cc7c(cc6c5cc4B4c5c(cc6c(oc8ccccc86)c52)-c2cc5ccccc5cc2N4c2ccc(-c4ccccc4)cc2)C(C)(C)CCC7(C)C)ccc13. The van der Waals surface area contributed by atoms with Crippen molar-refractivity contribution >= 4 is 123 Å². The fourth-order valence-electron chi connectivity index (χ4n) is 15.2. The molecule has 0 bridgehead atoms. The molecule has 0 fully saturated rings. The van der Waals surface area contributed by atoms with E-state index in [0.717, 1.165) is 109 Å². The van der Waals surface area contributed by atoms with E-state index in [2.05, 4.69) is 241 Å². The van der Waals surface area contributed by atoms with Crippen LogP contribution in [-0.2, 0) is 21.7 Å². The van der Waals surface area contributed by atoms with Crippen LogP contribution in [0.1, 0.15) is 103 Å². The number of hydrogen-bond acceptors (Lipinski definition) is 5. The molecule has 17 rings (SSSR count). The number of anilines is 5. The molecule has 0 saturated carbocycles. The first-order chi connectivity index (χ1) is 38.6. The molecule has 13 aromatic rings. The van der Waals surface area contributed by atoms with Crippen LogP contribution in [0.15, 0.2) is 189 Å². The summed E-state index contributed by atoms with van der Waals surface area (Å²) in [4.78, 5) is 5.12. The van der Waals surface area contributed by atoms with Crippen LogP contribution in [0.3, 0.4) is 0 Å². The molecule has 10 aromatic carbocycles. The van der Waals surface area contributed by atoms with Crippen LogP contribution in [0, 0.1) is 0 Å². The van der Waals surface area contributed by atoms with Gasteiger partial charge in [-0.15, -0.1) is 0 Å². The van der Waals surface area contributed by atoms with Crippen molar-refractivity contribution in [2.45, 2.75) is 103 Å². The molecule has 0 unspecified atom stereocenters. The molecule has 0 radical (unpaired) electrons. The number of benzene rings is 10. The Labute approximate surface area is 466 Å². The number of furan rings is 3. The lowest BCUT2D eigenvalue weighted by Gasteiger charge is -2.45. The van der Waals surface area contributed by atoms with Crippen LogP contribution in [0.25, 0.3) is 98.8 Å². The highest BCUT2D eigenvalue weighted by Gasteiger charge is 2.48. The third-order valence-electron chi connectivity index (χ3n) is 19.9. The monoisotopic (exact) mass is 1040 g/mol. The van der Waals surface area contributed by atoms with Gasteiger partial charge in [0.25, 0.3) is 0 Å². The maximum Gasteiger partial charge on any atom is 0.333 e. The topological polar surface area (TPSA) is 45.9 Å². The molecular formula is C74H61BN2O3. The summed E-state index contributed by atoms with van der Waals surface area (Å²) in [6.07, 6.45) is 4.56. The number of hydrogen-bond donors (Lipinski definition) is 0. The average molecular weight is 1040 g/mol. The minimum atomic E-state index is -0.282. The van der Waals surface area contributed by atoms with E-state index >= 15 is 0 Å². The van der Waals surface area contributed by atoms with Gasteiger partial charge < -0.3 is 23.0 Å². The molecule has 4 aliphatic rings. The highest BCUT2D eigenvalue weighted by molar-refractivity contribution is 6.94. The highest BCUT2D eigenvalue weighted by atomic mass is 16.3. The Morgan fingerprint density at radius 1 is 0.375 bits per heavy atom. The summed E-state index contributed by atoms with van der Waals surface area (Å²) in [5.74, 6) is 0. The van der Waals surface area contributed by atoms with Gasteiger partial charge in [0.1, 0.15) is 27.9 Å². The average Bonchev–Trinajstić information content (AvgIpc) is 4.01. The lowest BCUT2D eigenvalue weighted by Crippen LogP contribution is -2.61. The Balaban J connectivity index is 0.999. The largest absolute Gasteiger partial charge is 0.456 e. The van der Waals surface area contributed by atoms with Crippen molar-refractivity contribution < 1.29 is 13.3 Å². The van der Waals surface area contributed by atoms with E-state index in [1.54, 1.807) is 0 Å². The van der Waals surface area contributed by atoms with Gasteiger partial charge in [0.2, 0.25) is 0 Å². The maximum absolute atomic E-state index is 7.31. The Morgan fingerprint density at radius 3 is 1.57 bits per heavy atom. The van der Waals surface area contributed by atoms with E-state index in [1.165, 1.54) is 77.3 Å². The van der Waals surface area contributed by atoms with E-state index in [4.69, 9.17) is 13.3 Å². The first kappa shape index (κ1) is 46.4. The summed E-state index contributed by atoms with van der Waals surface area (Å²) in [6.45, 7) is 19.0. The summed E-state index contributed by atoms with van der Waals surface area (Å²) in [5.41, 5.74) is 23.6. The molecule has 0 amide bonds. The Hall–Kier alpha value is -8.48. The molecule has 6 heteroatoms. The zero-order valence-electron chi connectivity index (χ0n) is 46.8. The zero-order chi connectivity index (χ0) is 53.9. The first-order valence-corrected chi connectivity index (χ1v) is 28.9. The molecular weight excluding hydrogens is 976 g/mol. The smallest absolute Gasteiger partial charge is 0.333 e. The van der Waals surface area contributed by atoms with Gasteiger partial charge in [-0.1, -0.05) is 146 Å². The van der Waals surface area contributed by atoms with Gasteiger partial charge in [-0.05, 0) is 181 Å². The number of para-hydroxylation sites is 1. The second-order valence-electron chi connectivity index (χ2n) is 26.5. The maximum atomic E-state index is 7.31. The summed E-state index contributed by atoms with van der Waals surface area (Å²) in [7, 11) is 0. The number of rotatable bonds is 3. The molecule has 0 N–H and O–H groups in total. The minimum Gasteiger partial charge on any atom is -0.456 e. The number of nitrogens with zero attached hydrogens (tertiary/aromatic N) is 2. The van der Waals surface area contributed by atoms with Crippen LogP contribution in [-0.4, -0.2) is 6.85 Å². The Morgan fingerprint density at radius 2 is 0.900 bits per heavy atom. The van der Waals surface area contributed by atoms with Crippen LogP contribution in [0.5, 0.6) is 0 Å². The fraction of sp³-hybridized carbons (Fsp3) is 0.216. The Kier molecular flexibility index (Phi) is 9.09. The van der Waals surface area contributed by atoms with Crippen molar-refractivity contribution in [3.8, 4) is 22.3 Å². The molecule has 3 aromatic heterocycles. The Bertz CT molecular complexity index is 4850. The highest BCUT2D eigenvalue weighted by Crippen LogP contribution is 2.55. The van der Waals surface area contributed by atoms with E-state index in [1.807, 2.05) is 0 Å². The predicted octanol–water partition coefficient (Wildman–Crippen LogP) is 19.6. The molecule has 0 spiro atoms. The molecule has 0 atom stereocenters. The van der Waals surface area contributed by atoms with Gasteiger partial charge in [-0.2, -0.15) is 0 Å². The lowest BCUT2D eigenvalue weighted by molar-refractivity contribution is 0.332. The van der Waals surface area contributed by atoms with Crippen molar-refractivity contribution in [2.24, 2.45) is 0 Å². The van der Waals surface area contributed by atoms with Crippen molar-refractivity contribution in [1.29, 1.82) is 0 Å². The van der Waals surface area contributed by atoms with Gasteiger partial charge in [0.15, 0.2) is 5.58 Å². The van der Waals surface area contributed by atoms with Crippen molar-refractivity contribution in [2.75, 3.05) is 9.71 Å². The van der Waals surface area contributed by atoms with Gasteiger partial charge in [-0.3, -0.25) is 0 Å². The summed E-state index contributed by atoms with van der Waals surface area (Å²) >= 11 is 0. The van der Waals surface area contributed by atoms with Crippen LogP contribution in [0.4, 0.5) is 28.4 Å². The van der Waals surface area contributed by atoms with Crippen LogP contribution >= 0.6 is 0 Å². The van der Waals surface area contributed by atoms with E-state index in [-0.39, 0.29) is 28.5 Å². The normalized spacial score (nSPS) is 17.4. The number of fused-ring (bicyclic) bond motifs is 17.